The SMILES string of the molecule is Cc1ccc(C)c(NC(=O)CN2C[C@H](C)OCC2(C)C)c1. The van der Waals surface area contributed by atoms with Gasteiger partial charge in [0.15, 0.2) is 0 Å². The van der Waals surface area contributed by atoms with Gasteiger partial charge in [0, 0.05) is 17.8 Å². The van der Waals surface area contributed by atoms with Crippen LogP contribution in [-0.2, 0) is 9.53 Å². The summed E-state index contributed by atoms with van der Waals surface area (Å²) >= 11 is 0. The van der Waals surface area contributed by atoms with Crippen LogP contribution in [0.15, 0.2) is 18.2 Å². The van der Waals surface area contributed by atoms with E-state index < -0.39 is 0 Å². The summed E-state index contributed by atoms with van der Waals surface area (Å²) in [7, 11) is 0. The fourth-order valence-corrected chi connectivity index (χ4v) is 2.56. The minimum absolute atomic E-state index is 0.0332. The fourth-order valence-electron chi connectivity index (χ4n) is 2.56. The fraction of sp³-hybridized carbons (Fsp3) is 0.588. The number of carbonyl (C=O) groups is 1. The van der Waals surface area contributed by atoms with Crippen molar-refractivity contribution in [2.24, 2.45) is 0 Å². The maximum Gasteiger partial charge on any atom is 0.238 e. The lowest BCUT2D eigenvalue weighted by molar-refractivity contribution is -0.126. The number of ether oxygens (including phenoxy) is 1. The zero-order valence-electron chi connectivity index (χ0n) is 13.7. The Hall–Kier alpha value is -1.39. The molecule has 0 aliphatic carbocycles. The van der Waals surface area contributed by atoms with Crippen molar-refractivity contribution in [3.05, 3.63) is 29.3 Å². The second-order valence-corrected chi connectivity index (χ2v) is 6.68. The first kappa shape index (κ1) is 16.0. The van der Waals surface area contributed by atoms with Gasteiger partial charge in [0.25, 0.3) is 0 Å². The van der Waals surface area contributed by atoms with Crippen LogP contribution < -0.4 is 5.32 Å². The molecule has 0 aromatic heterocycles. The molecule has 2 rings (SSSR count). The zero-order chi connectivity index (χ0) is 15.6. The molecule has 0 radical (unpaired) electrons. The van der Waals surface area contributed by atoms with Crippen LogP contribution in [0.25, 0.3) is 0 Å². The Kier molecular flexibility index (Phi) is 4.69. The molecular formula is C17H26N2O2. The lowest BCUT2D eigenvalue weighted by Crippen LogP contribution is -2.57. The highest BCUT2D eigenvalue weighted by atomic mass is 16.5. The molecule has 1 aromatic rings. The Morgan fingerprint density at radius 3 is 2.86 bits per heavy atom. The molecule has 4 heteroatoms. The van der Waals surface area contributed by atoms with Crippen molar-refractivity contribution >= 4 is 11.6 Å². The maximum atomic E-state index is 12.3. The number of amides is 1. The number of nitrogens with one attached hydrogen (secondary N) is 1. The van der Waals surface area contributed by atoms with Gasteiger partial charge in [0.2, 0.25) is 5.91 Å². The highest BCUT2D eigenvalue weighted by Crippen LogP contribution is 2.22. The largest absolute Gasteiger partial charge is 0.375 e. The number of carbonyl (C=O) groups excluding carboxylic acids is 1. The van der Waals surface area contributed by atoms with E-state index >= 15 is 0 Å². The van der Waals surface area contributed by atoms with Gasteiger partial charge in [0.05, 0.1) is 19.3 Å². The van der Waals surface area contributed by atoms with E-state index in [2.05, 4.69) is 30.1 Å². The second-order valence-electron chi connectivity index (χ2n) is 6.68. The first-order valence-electron chi connectivity index (χ1n) is 7.52. The quantitative estimate of drug-likeness (QED) is 0.930. The molecule has 0 spiro atoms. The summed E-state index contributed by atoms with van der Waals surface area (Å²) in [5, 5.41) is 3.03. The summed E-state index contributed by atoms with van der Waals surface area (Å²) in [4.78, 5) is 14.5. The van der Waals surface area contributed by atoms with Gasteiger partial charge in [-0.15, -0.1) is 0 Å². The van der Waals surface area contributed by atoms with Crippen molar-refractivity contribution in [2.75, 3.05) is 25.0 Å². The predicted octanol–water partition coefficient (Wildman–Crippen LogP) is 2.74. The van der Waals surface area contributed by atoms with E-state index in [9.17, 15) is 4.79 Å². The monoisotopic (exact) mass is 290 g/mol. The van der Waals surface area contributed by atoms with Crippen LogP contribution in [0.4, 0.5) is 5.69 Å². The van der Waals surface area contributed by atoms with Gasteiger partial charge in [0.1, 0.15) is 0 Å². The van der Waals surface area contributed by atoms with Gasteiger partial charge < -0.3 is 10.1 Å². The van der Waals surface area contributed by atoms with Crippen molar-refractivity contribution in [3.8, 4) is 0 Å². The van der Waals surface area contributed by atoms with E-state index in [-0.39, 0.29) is 17.6 Å². The first-order valence-corrected chi connectivity index (χ1v) is 7.52. The molecule has 1 fully saturated rings. The highest BCUT2D eigenvalue weighted by molar-refractivity contribution is 5.93. The van der Waals surface area contributed by atoms with E-state index in [1.807, 2.05) is 32.9 Å². The van der Waals surface area contributed by atoms with E-state index in [0.717, 1.165) is 23.4 Å². The lowest BCUT2D eigenvalue weighted by atomic mass is 10.0. The Balaban J connectivity index is 2.02. The topological polar surface area (TPSA) is 41.6 Å². The molecule has 1 N–H and O–H groups in total. The molecule has 4 nitrogen and oxygen atoms in total. The van der Waals surface area contributed by atoms with Gasteiger partial charge in [-0.3, -0.25) is 9.69 Å². The van der Waals surface area contributed by atoms with Crippen LogP contribution in [-0.4, -0.2) is 42.1 Å². The average molecular weight is 290 g/mol. The molecule has 116 valence electrons. The molecule has 1 saturated heterocycles. The van der Waals surface area contributed by atoms with Crippen molar-refractivity contribution in [1.82, 2.24) is 4.90 Å². The van der Waals surface area contributed by atoms with Crippen LogP contribution in [0.3, 0.4) is 0 Å². The van der Waals surface area contributed by atoms with Crippen LogP contribution >= 0.6 is 0 Å². The molecule has 0 unspecified atom stereocenters. The van der Waals surface area contributed by atoms with Crippen molar-refractivity contribution in [3.63, 3.8) is 0 Å². The molecule has 1 aliphatic rings. The standard InChI is InChI=1S/C17H26N2O2/c1-12-6-7-13(2)15(8-12)18-16(20)10-19-9-14(3)21-11-17(19,4)5/h6-8,14H,9-11H2,1-5H3,(H,18,20)/t14-/m0/s1. The summed E-state index contributed by atoms with van der Waals surface area (Å²) in [5.41, 5.74) is 3.03. The van der Waals surface area contributed by atoms with Crippen molar-refractivity contribution < 1.29 is 9.53 Å². The van der Waals surface area contributed by atoms with Crippen LogP contribution in [0, 0.1) is 13.8 Å². The molecule has 0 bridgehead atoms. The summed E-state index contributed by atoms with van der Waals surface area (Å²) in [6.07, 6.45) is 0.173. The van der Waals surface area contributed by atoms with E-state index in [0.29, 0.717) is 13.2 Å². The molecule has 0 saturated carbocycles. The smallest absolute Gasteiger partial charge is 0.238 e. The summed E-state index contributed by atoms with van der Waals surface area (Å²) < 4.78 is 5.68. The number of benzene rings is 1. The molecule has 1 amide bonds. The van der Waals surface area contributed by atoms with Crippen molar-refractivity contribution in [1.29, 1.82) is 0 Å². The molecule has 1 aliphatic heterocycles. The van der Waals surface area contributed by atoms with E-state index in [4.69, 9.17) is 4.74 Å². The second kappa shape index (κ2) is 6.16. The molecule has 1 heterocycles. The minimum Gasteiger partial charge on any atom is -0.375 e. The summed E-state index contributed by atoms with van der Waals surface area (Å²) in [6, 6.07) is 6.10. The van der Waals surface area contributed by atoms with Crippen LogP contribution in [0.2, 0.25) is 0 Å². The minimum atomic E-state index is -0.106. The zero-order valence-corrected chi connectivity index (χ0v) is 13.7. The number of morpholine rings is 1. The van der Waals surface area contributed by atoms with Crippen LogP contribution in [0.5, 0.6) is 0 Å². The normalized spacial score (nSPS) is 22.0. The molecular weight excluding hydrogens is 264 g/mol. The van der Waals surface area contributed by atoms with Gasteiger partial charge in [-0.25, -0.2) is 0 Å². The third-order valence-corrected chi connectivity index (χ3v) is 4.06. The Bertz CT molecular complexity index is 526. The van der Waals surface area contributed by atoms with Gasteiger partial charge in [-0.05, 0) is 51.8 Å². The number of rotatable bonds is 3. The van der Waals surface area contributed by atoms with E-state index in [1.54, 1.807) is 0 Å². The third kappa shape index (κ3) is 4.05. The predicted molar refractivity (Wildman–Crippen MR) is 85.6 cm³/mol. The van der Waals surface area contributed by atoms with Gasteiger partial charge in [-0.2, -0.15) is 0 Å². The number of nitrogens with zero attached hydrogens (tertiary/aromatic N) is 1. The van der Waals surface area contributed by atoms with E-state index in [1.165, 1.54) is 0 Å². The Morgan fingerprint density at radius 2 is 2.14 bits per heavy atom. The molecule has 1 aromatic carbocycles. The Morgan fingerprint density at radius 1 is 1.43 bits per heavy atom. The number of hydrogen-bond acceptors (Lipinski definition) is 3. The number of aryl methyl sites for hydroxylation is 2. The maximum absolute atomic E-state index is 12.3. The molecule has 21 heavy (non-hydrogen) atoms. The van der Waals surface area contributed by atoms with Crippen LogP contribution in [0.1, 0.15) is 31.9 Å². The first-order chi connectivity index (χ1) is 9.78. The highest BCUT2D eigenvalue weighted by Gasteiger charge is 2.34. The third-order valence-electron chi connectivity index (χ3n) is 4.06. The lowest BCUT2D eigenvalue weighted by Gasteiger charge is -2.44. The summed E-state index contributed by atoms with van der Waals surface area (Å²) in [6.45, 7) is 12.2. The summed E-state index contributed by atoms with van der Waals surface area (Å²) in [5.74, 6) is 0.0332. The van der Waals surface area contributed by atoms with Gasteiger partial charge in [-0.1, -0.05) is 12.1 Å². The van der Waals surface area contributed by atoms with Crippen molar-refractivity contribution in [2.45, 2.75) is 46.3 Å². The Labute approximate surface area is 127 Å². The molecule has 1 atom stereocenters. The average Bonchev–Trinajstić information content (AvgIpc) is 2.39. The number of hydrogen-bond donors (Lipinski definition) is 1. The number of anilines is 1. The van der Waals surface area contributed by atoms with Gasteiger partial charge >= 0.3 is 0 Å².